The minimum Gasteiger partial charge on any atom is -0.455 e. The van der Waals surface area contributed by atoms with Crippen LogP contribution in [0.4, 0.5) is 13.2 Å². The number of aromatic nitrogens is 3. The van der Waals surface area contributed by atoms with Crippen molar-refractivity contribution >= 4 is 11.0 Å². The molecule has 0 fully saturated rings. The molecule has 0 aliphatic heterocycles. The normalized spacial score (nSPS) is 13.0. The molecule has 1 atom stereocenters. The zero-order valence-corrected chi connectivity index (χ0v) is 19.5. The second-order valence-electron chi connectivity index (χ2n) is 8.66. The molecule has 7 nitrogen and oxygen atoms in total. The predicted octanol–water partition coefficient (Wildman–Crippen LogP) is 4.79. The largest absolute Gasteiger partial charge is 0.455 e. The highest BCUT2D eigenvalue weighted by Crippen LogP contribution is 2.37. The molecule has 0 aliphatic carbocycles. The van der Waals surface area contributed by atoms with E-state index >= 15 is 0 Å². The van der Waals surface area contributed by atoms with Crippen LogP contribution in [0.1, 0.15) is 57.3 Å². The van der Waals surface area contributed by atoms with Crippen molar-refractivity contribution in [3.05, 3.63) is 62.4 Å². The molecule has 10 heteroatoms. The summed E-state index contributed by atoms with van der Waals surface area (Å²) >= 11 is 0. The first kappa shape index (κ1) is 25.5. The molecule has 2 aromatic heterocycles. The van der Waals surface area contributed by atoms with Crippen LogP contribution < -0.4 is 16.0 Å². The van der Waals surface area contributed by atoms with E-state index < -0.39 is 29.1 Å². The number of alkyl halides is 3. The highest BCUT2D eigenvalue weighted by atomic mass is 19.4. The Balaban J connectivity index is 2.28. The Bertz CT molecular complexity index is 1300. The maximum Gasteiger partial charge on any atom is 0.416 e. The molecule has 1 unspecified atom stereocenters. The van der Waals surface area contributed by atoms with Crippen molar-refractivity contribution in [3.63, 3.8) is 0 Å². The van der Waals surface area contributed by atoms with E-state index in [1.807, 2.05) is 20.8 Å². The van der Waals surface area contributed by atoms with Crippen LogP contribution in [0.5, 0.6) is 11.5 Å². The highest BCUT2D eigenvalue weighted by molar-refractivity contribution is 5.81. The van der Waals surface area contributed by atoms with E-state index in [9.17, 15) is 27.9 Å². The molecule has 0 aliphatic rings. The quantitative estimate of drug-likeness (QED) is 0.502. The molecule has 0 saturated heterocycles. The highest BCUT2D eigenvalue weighted by Gasteiger charge is 2.31. The lowest BCUT2D eigenvalue weighted by Gasteiger charge is -2.21. The summed E-state index contributed by atoms with van der Waals surface area (Å²) in [5.41, 5.74) is -1.88. The fourth-order valence-corrected chi connectivity index (χ4v) is 3.81. The van der Waals surface area contributed by atoms with Gasteiger partial charge in [0.15, 0.2) is 5.75 Å². The molecule has 0 radical (unpaired) electrons. The molecular formula is C24H28F3N3O4. The van der Waals surface area contributed by atoms with Crippen molar-refractivity contribution in [1.29, 1.82) is 0 Å². The van der Waals surface area contributed by atoms with E-state index in [1.165, 1.54) is 29.9 Å². The number of hydrogen-bond donors (Lipinski definition) is 1. The smallest absolute Gasteiger partial charge is 0.416 e. The minimum absolute atomic E-state index is 0.0100. The topological polar surface area (TPSA) is 86.3 Å². The van der Waals surface area contributed by atoms with Crippen LogP contribution in [0.15, 0.2) is 40.1 Å². The van der Waals surface area contributed by atoms with Gasteiger partial charge in [-0.1, -0.05) is 33.3 Å². The lowest BCUT2D eigenvalue weighted by Crippen LogP contribution is -2.40. The summed E-state index contributed by atoms with van der Waals surface area (Å²) in [6.07, 6.45) is -2.90. The van der Waals surface area contributed by atoms with Gasteiger partial charge < -0.3 is 9.84 Å². The SMILES string of the molecule is CCCCn1c(=O)c2c(C(O)CC(C)C)c(Oc3cccc(C(F)(F)F)c3)cnc2n(C)c1=O. The van der Waals surface area contributed by atoms with E-state index in [-0.39, 0.29) is 47.0 Å². The van der Waals surface area contributed by atoms with Crippen molar-refractivity contribution in [1.82, 2.24) is 14.1 Å². The number of rotatable bonds is 8. The second-order valence-corrected chi connectivity index (χ2v) is 8.66. The summed E-state index contributed by atoms with van der Waals surface area (Å²) in [5.74, 6) is -0.127. The number of nitrogens with zero attached hydrogens (tertiary/aromatic N) is 3. The Morgan fingerprint density at radius 1 is 1.21 bits per heavy atom. The van der Waals surface area contributed by atoms with Crippen LogP contribution in [0, 0.1) is 5.92 Å². The Kier molecular flexibility index (Phi) is 7.50. The number of pyridine rings is 1. The van der Waals surface area contributed by atoms with Crippen molar-refractivity contribution in [3.8, 4) is 11.5 Å². The van der Waals surface area contributed by atoms with E-state index in [2.05, 4.69) is 4.98 Å². The number of hydrogen-bond acceptors (Lipinski definition) is 5. The fraction of sp³-hybridized carbons (Fsp3) is 0.458. The lowest BCUT2D eigenvalue weighted by atomic mass is 9.97. The molecule has 2 heterocycles. The van der Waals surface area contributed by atoms with Gasteiger partial charge in [-0.3, -0.25) is 13.9 Å². The summed E-state index contributed by atoms with van der Waals surface area (Å²) < 4.78 is 47.6. The summed E-state index contributed by atoms with van der Waals surface area (Å²) in [4.78, 5) is 30.4. The summed E-state index contributed by atoms with van der Waals surface area (Å²) in [5, 5.41) is 11.1. The number of benzene rings is 1. The third-order valence-electron chi connectivity index (χ3n) is 5.51. The lowest BCUT2D eigenvalue weighted by molar-refractivity contribution is -0.137. The maximum atomic E-state index is 13.4. The minimum atomic E-state index is -4.56. The predicted molar refractivity (Wildman–Crippen MR) is 122 cm³/mol. The Hall–Kier alpha value is -3.14. The van der Waals surface area contributed by atoms with Crippen molar-refractivity contribution in [2.24, 2.45) is 13.0 Å². The third kappa shape index (κ3) is 5.16. The molecule has 1 N–H and O–H groups in total. The molecule has 3 aromatic rings. The van der Waals surface area contributed by atoms with E-state index in [0.717, 1.165) is 23.1 Å². The Morgan fingerprint density at radius 2 is 1.91 bits per heavy atom. The summed E-state index contributed by atoms with van der Waals surface area (Å²) in [7, 11) is 1.48. The number of aliphatic hydroxyl groups is 1. The third-order valence-corrected chi connectivity index (χ3v) is 5.51. The van der Waals surface area contributed by atoms with Gasteiger partial charge in [0.25, 0.3) is 5.56 Å². The molecule has 184 valence electrons. The zero-order valence-electron chi connectivity index (χ0n) is 19.5. The molecule has 0 spiro atoms. The molecule has 0 amide bonds. The number of unbranched alkanes of at least 4 members (excludes halogenated alkanes) is 1. The van der Waals surface area contributed by atoms with Crippen LogP contribution in [0.2, 0.25) is 0 Å². The van der Waals surface area contributed by atoms with E-state index in [0.29, 0.717) is 6.42 Å². The van der Waals surface area contributed by atoms with Crippen molar-refractivity contribution in [2.75, 3.05) is 0 Å². The molecule has 3 rings (SSSR count). The van der Waals surface area contributed by atoms with Gasteiger partial charge in [0.2, 0.25) is 0 Å². The van der Waals surface area contributed by atoms with Crippen LogP contribution in [0.3, 0.4) is 0 Å². The zero-order chi connectivity index (χ0) is 25.2. The standard InChI is InChI=1S/C24H28F3N3O4/c1-5-6-10-30-22(32)20-19(17(31)11-14(2)3)18(13-28-21(20)29(4)23(30)33)34-16-9-7-8-15(12-16)24(25,26)27/h7-9,12-14,17,31H,5-6,10-11H2,1-4H3. The second kappa shape index (κ2) is 10.0. The van der Waals surface area contributed by atoms with E-state index in [1.54, 1.807) is 0 Å². The molecule has 34 heavy (non-hydrogen) atoms. The van der Waals surface area contributed by atoms with E-state index in [4.69, 9.17) is 4.74 Å². The van der Waals surface area contributed by atoms with Gasteiger partial charge in [0, 0.05) is 19.2 Å². The Morgan fingerprint density at radius 3 is 2.53 bits per heavy atom. The van der Waals surface area contributed by atoms with Crippen LogP contribution in [-0.2, 0) is 19.8 Å². The number of ether oxygens (including phenoxy) is 1. The number of halogens is 3. The van der Waals surface area contributed by atoms with Gasteiger partial charge in [-0.25, -0.2) is 9.78 Å². The number of aryl methyl sites for hydroxylation is 1. The van der Waals surface area contributed by atoms with Gasteiger partial charge in [0.1, 0.15) is 11.4 Å². The van der Waals surface area contributed by atoms with Gasteiger partial charge in [0.05, 0.1) is 23.3 Å². The summed E-state index contributed by atoms with van der Waals surface area (Å²) in [6.45, 7) is 5.89. The average Bonchev–Trinajstić information content (AvgIpc) is 2.76. The monoisotopic (exact) mass is 479 g/mol. The first-order chi connectivity index (χ1) is 16.0. The number of aliphatic hydroxyl groups excluding tert-OH is 1. The van der Waals surface area contributed by atoms with Gasteiger partial charge in [-0.05, 0) is 37.0 Å². The fourth-order valence-electron chi connectivity index (χ4n) is 3.81. The molecule has 0 saturated carbocycles. The maximum absolute atomic E-state index is 13.4. The molecule has 0 bridgehead atoms. The van der Waals surface area contributed by atoms with Gasteiger partial charge >= 0.3 is 11.9 Å². The van der Waals surface area contributed by atoms with Crippen molar-refractivity contribution in [2.45, 2.75) is 58.9 Å². The van der Waals surface area contributed by atoms with Crippen LogP contribution in [0.25, 0.3) is 11.0 Å². The van der Waals surface area contributed by atoms with Crippen LogP contribution in [-0.4, -0.2) is 19.2 Å². The number of fused-ring (bicyclic) bond motifs is 1. The summed E-state index contributed by atoms with van der Waals surface area (Å²) in [6, 6.07) is 4.31. The molecular weight excluding hydrogens is 451 g/mol. The Labute approximate surface area is 194 Å². The van der Waals surface area contributed by atoms with Gasteiger partial charge in [-0.15, -0.1) is 0 Å². The first-order valence-electron chi connectivity index (χ1n) is 11.1. The van der Waals surface area contributed by atoms with Crippen molar-refractivity contribution < 1.29 is 23.0 Å². The van der Waals surface area contributed by atoms with Crippen LogP contribution >= 0.6 is 0 Å². The molecule has 1 aromatic carbocycles. The first-order valence-corrected chi connectivity index (χ1v) is 11.1. The average molecular weight is 479 g/mol. The van der Waals surface area contributed by atoms with Gasteiger partial charge in [-0.2, -0.15) is 13.2 Å².